The van der Waals surface area contributed by atoms with Crippen molar-refractivity contribution in [2.75, 3.05) is 7.11 Å². The van der Waals surface area contributed by atoms with Gasteiger partial charge in [0.2, 0.25) is 0 Å². The van der Waals surface area contributed by atoms with E-state index in [-0.39, 0.29) is 11.3 Å². The van der Waals surface area contributed by atoms with E-state index in [2.05, 4.69) is 11.3 Å². The molecular weight excluding hydrogens is 150 g/mol. The minimum Gasteiger partial charge on any atom is -0.494 e. The maximum absolute atomic E-state index is 12.8. The summed E-state index contributed by atoms with van der Waals surface area (Å²) in [4.78, 5) is 0. The molecule has 1 unspecified atom stereocenters. The first-order chi connectivity index (χ1) is 5.16. The standard InChI is InChI=1S/C8H8F2O/c1-5-3-4-6(11-2)8(10)7(5)9/h3-4,7H,1H2,2H3. The van der Waals surface area contributed by atoms with Gasteiger partial charge in [-0.05, 0) is 11.6 Å². The molecule has 0 radical (unpaired) electrons. The smallest absolute Gasteiger partial charge is 0.180 e. The maximum atomic E-state index is 12.8. The van der Waals surface area contributed by atoms with Crippen LogP contribution in [0, 0.1) is 0 Å². The molecule has 0 aliphatic heterocycles. The predicted molar refractivity (Wildman–Crippen MR) is 38.3 cm³/mol. The SMILES string of the molecule is C=C1C=CC(OC)=C(F)C1F. The Morgan fingerprint density at radius 3 is 2.73 bits per heavy atom. The number of hydrogen-bond donors (Lipinski definition) is 0. The van der Waals surface area contributed by atoms with Gasteiger partial charge in [0.25, 0.3) is 0 Å². The van der Waals surface area contributed by atoms with Gasteiger partial charge in [-0.1, -0.05) is 12.7 Å². The van der Waals surface area contributed by atoms with Crippen molar-refractivity contribution in [3.63, 3.8) is 0 Å². The monoisotopic (exact) mass is 158 g/mol. The van der Waals surface area contributed by atoms with Gasteiger partial charge < -0.3 is 4.74 Å². The zero-order valence-corrected chi connectivity index (χ0v) is 6.10. The molecule has 1 rings (SSSR count). The fraction of sp³-hybridized carbons (Fsp3) is 0.250. The topological polar surface area (TPSA) is 9.23 Å². The van der Waals surface area contributed by atoms with Crippen LogP contribution in [0.4, 0.5) is 8.78 Å². The molecule has 0 aromatic rings. The molecule has 0 amide bonds. The third kappa shape index (κ3) is 1.31. The summed E-state index contributed by atoms with van der Waals surface area (Å²) in [6.45, 7) is 3.32. The Balaban J connectivity index is 2.96. The first-order valence-electron chi connectivity index (χ1n) is 3.11. The van der Waals surface area contributed by atoms with Crippen LogP contribution < -0.4 is 0 Å². The van der Waals surface area contributed by atoms with Crippen molar-refractivity contribution in [3.05, 3.63) is 35.9 Å². The lowest BCUT2D eigenvalue weighted by Gasteiger charge is -2.13. The van der Waals surface area contributed by atoms with Gasteiger partial charge in [0.15, 0.2) is 17.8 Å². The van der Waals surface area contributed by atoms with Crippen LogP contribution in [0.1, 0.15) is 0 Å². The molecule has 1 aliphatic carbocycles. The van der Waals surface area contributed by atoms with Crippen LogP contribution in [0.5, 0.6) is 0 Å². The number of methoxy groups -OCH3 is 1. The lowest BCUT2D eigenvalue weighted by Crippen LogP contribution is -2.09. The lowest BCUT2D eigenvalue weighted by molar-refractivity contribution is 0.263. The van der Waals surface area contributed by atoms with E-state index in [4.69, 9.17) is 0 Å². The van der Waals surface area contributed by atoms with E-state index in [1.165, 1.54) is 19.3 Å². The van der Waals surface area contributed by atoms with E-state index < -0.39 is 12.0 Å². The van der Waals surface area contributed by atoms with Gasteiger partial charge in [-0.2, -0.15) is 0 Å². The fourth-order valence-corrected chi connectivity index (χ4v) is 0.800. The van der Waals surface area contributed by atoms with E-state index in [0.29, 0.717) is 0 Å². The Kier molecular flexibility index (Phi) is 2.08. The molecule has 0 aromatic carbocycles. The normalized spacial score (nSPS) is 24.3. The first-order valence-corrected chi connectivity index (χ1v) is 3.11. The summed E-state index contributed by atoms with van der Waals surface area (Å²) < 4.78 is 30.1. The fourth-order valence-electron chi connectivity index (χ4n) is 0.800. The molecule has 0 saturated carbocycles. The summed E-state index contributed by atoms with van der Waals surface area (Å²) in [6, 6.07) is 0. The van der Waals surface area contributed by atoms with Crippen molar-refractivity contribution in [2.45, 2.75) is 6.17 Å². The van der Waals surface area contributed by atoms with Crippen molar-refractivity contribution in [1.29, 1.82) is 0 Å². The van der Waals surface area contributed by atoms with E-state index >= 15 is 0 Å². The van der Waals surface area contributed by atoms with Crippen LogP contribution in [0.15, 0.2) is 35.9 Å². The average Bonchev–Trinajstić information content (AvgIpc) is 2.01. The molecule has 0 bridgehead atoms. The van der Waals surface area contributed by atoms with Crippen LogP contribution in [-0.2, 0) is 4.74 Å². The van der Waals surface area contributed by atoms with Gasteiger partial charge in [0.05, 0.1) is 7.11 Å². The van der Waals surface area contributed by atoms with Gasteiger partial charge in [0, 0.05) is 0 Å². The van der Waals surface area contributed by atoms with Crippen molar-refractivity contribution in [3.8, 4) is 0 Å². The lowest BCUT2D eigenvalue weighted by atomic mass is 10.1. The van der Waals surface area contributed by atoms with Crippen LogP contribution in [0.25, 0.3) is 0 Å². The predicted octanol–water partition coefficient (Wildman–Crippen LogP) is 2.28. The molecule has 3 heteroatoms. The van der Waals surface area contributed by atoms with Gasteiger partial charge in [0.1, 0.15) is 0 Å². The van der Waals surface area contributed by atoms with Crippen molar-refractivity contribution >= 4 is 0 Å². The Bertz CT molecular complexity index is 240. The highest BCUT2D eigenvalue weighted by molar-refractivity contribution is 5.38. The van der Waals surface area contributed by atoms with Crippen molar-refractivity contribution in [2.24, 2.45) is 0 Å². The minimum absolute atomic E-state index is 0.0649. The van der Waals surface area contributed by atoms with E-state index in [9.17, 15) is 8.78 Å². The third-order valence-corrected chi connectivity index (χ3v) is 1.45. The van der Waals surface area contributed by atoms with Crippen LogP contribution in [-0.4, -0.2) is 13.3 Å². The number of alkyl halides is 1. The van der Waals surface area contributed by atoms with Crippen LogP contribution >= 0.6 is 0 Å². The Morgan fingerprint density at radius 1 is 1.55 bits per heavy atom. The van der Waals surface area contributed by atoms with Crippen LogP contribution in [0.3, 0.4) is 0 Å². The Morgan fingerprint density at radius 2 is 2.18 bits per heavy atom. The molecule has 60 valence electrons. The van der Waals surface area contributed by atoms with Crippen molar-refractivity contribution < 1.29 is 13.5 Å². The number of rotatable bonds is 1. The highest BCUT2D eigenvalue weighted by atomic mass is 19.2. The number of ether oxygens (including phenoxy) is 1. The molecule has 0 heterocycles. The largest absolute Gasteiger partial charge is 0.494 e. The van der Waals surface area contributed by atoms with Crippen LogP contribution in [0.2, 0.25) is 0 Å². The molecular formula is C8H8F2O. The molecule has 0 spiro atoms. The van der Waals surface area contributed by atoms with Gasteiger partial charge in [-0.15, -0.1) is 0 Å². The van der Waals surface area contributed by atoms with E-state index in [1.807, 2.05) is 0 Å². The highest BCUT2D eigenvalue weighted by Crippen LogP contribution is 2.26. The quantitative estimate of drug-likeness (QED) is 0.568. The van der Waals surface area contributed by atoms with E-state index in [1.54, 1.807) is 0 Å². The zero-order valence-electron chi connectivity index (χ0n) is 6.10. The summed E-state index contributed by atoms with van der Waals surface area (Å²) >= 11 is 0. The summed E-state index contributed by atoms with van der Waals surface area (Å²) in [6.07, 6.45) is 1.01. The number of allylic oxidation sites excluding steroid dienone is 4. The van der Waals surface area contributed by atoms with Gasteiger partial charge in [-0.3, -0.25) is 0 Å². The van der Waals surface area contributed by atoms with Gasteiger partial charge in [-0.25, -0.2) is 8.78 Å². The second-order valence-electron chi connectivity index (χ2n) is 2.19. The molecule has 1 aliphatic rings. The summed E-state index contributed by atoms with van der Waals surface area (Å²) in [7, 11) is 1.29. The summed E-state index contributed by atoms with van der Waals surface area (Å²) in [5.41, 5.74) is 0.114. The molecule has 0 N–H and O–H groups in total. The second kappa shape index (κ2) is 2.86. The molecule has 0 fully saturated rings. The minimum atomic E-state index is -1.74. The average molecular weight is 158 g/mol. The van der Waals surface area contributed by atoms with E-state index in [0.717, 1.165) is 0 Å². The number of hydrogen-bond acceptors (Lipinski definition) is 1. The first kappa shape index (κ1) is 7.98. The summed E-state index contributed by atoms with van der Waals surface area (Å²) in [5.74, 6) is -0.968. The highest BCUT2D eigenvalue weighted by Gasteiger charge is 2.22. The van der Waals surface area contributed by atoms with Crippen molar-refractivity contribution in [1.82, 2.24) is 0 Å². The van der Waals surface area contributed by atoms with Gasteiger partial charge >= 0.3 is 0 Å². The summed E-state index contributed by atoms with van der Waals surface area (Å²) in [5, 5.41) is 0. The molecule has 11 heavy (non-hydrogen) atoms. The molecule has 0 aromatic heterocycles. The zero-order chi connectivity index (χ0) is 8.43. The third-order valence-electron chi connectivity index (χ3n) is 1.45. The molecule has 1 nitrogen and oxygen atoms in total. The Hall–Kier alpha value is -1.12. The Labute approximate surface area is 63.7 Å². The maximum Gasteiger partial charge on any atom is 0.180 e. The molecule has 0 saturated heterocycles. The molecule has 1 atom stereocenters. The number of halogens is 2. The second-order valence-corrected chi connectivity index (χ2v) is 2.19.